The fraction of sp³-hybridized carbons (Fsp3) is 0.250. The second kappa shape index (κ2) is 6.85. The number of hydrogen-bond acceptors (Lipinski definition) is 4. The van der Waals surface area contributed by atoms with E-state index in [1.807, 2.05) is 12.1 Å². The molecule has 110 valence electrons. The minimum Gasteiger partial charge on any atom is -0.347 e. The Morgan fingerprint density at radius 1 is 1.19 bits per heavy atom. The minimum absolute atomic E-state index is 0.222. The van der Waals surface area contributed by atoms with Gasteiger partial charge in [0.25, 0.3) is 5.91 Å². The molecule has 21 heavy (non-hydrogen) atoms. The number of hydrogen-bond donors (Lipinski definition) is 3. The molecular formula is C16H20N4O. The molecule has 0 saturated carbocycles. The molecule has 0 atom stereocenters. The van der Waals surface area contributed by atoms with Gasteiger partial charge in [-0.2, -0.15) is 0 Å². The first-order chi connectivity index (χ1) is 10.1. The Kier molecular flexibility index (Phi) is 4.90. The van der Waals surface area contributed by atoms with E-state index < -0.39 is 0 Å². The molecule has 2 rings (SSSR count). The molecule has 1 amide bonds. The number of nitrogens with two attached hydrogens (primary N) is 1. The molecular weight excluding hydrogens is 264 g/mol. The maximum Gasteiger partial charge on any atom is 0.270 e. The zero-order valence-corrected chi connectivity index (χ0v) is 12.3. The molecule has 1 aromatic carbocycles. The van der Waals surface area contributed by atoms with E-state index in [9.17, 15) is 4.79 Å². The Hall–Kier alpha value is -2.40. The van der Waals surface area contributed by atoms with E-state index in [2.05, 4.69) is 41.7 Å². The van der Waals surface area contributed by atoms with Crippen LogP contribution in [-0.4, -0.2) is 10.9 Å². The van der Waals surface area contributed by atoms with Crippen LogP contribution in [0.2, 0.25) is 0 Å². The van der Waals surface area contributed by atoms with Gasteiger partial charge in [-0.25, -0.2) is 10.8 Å². The van der Waals surface area contributed by atoms with Gasteiger partial charge in [-0.05, 0) is 29.2 Å². The van der Waals surface area contributed by atoms with E-state index >= 15 is 0 Å². The molecule has 5 heteroatoms. The maximum atomic E-state index is 12.0. The van der Waals surface area contributed by atoms with Crippen molar-refractivity contribution < 1.29 is 4.79 Å². The fourth-order valence-corrected chi connectivity index (χ4v) is 1.93. The van der Waals surface area contributed by atoms with Crippen LogP contribution >= 0.6 is 0 Å². The van der Waals surface area contributed by atoms with Crippen molar-refractivity contribution in [2.24, 2.45) is 5.84 Å². The number of anilines is 1. The highest BCUT2D eigenvalue weighted by Gasteiger charge is 2.07. The van der Waals surface area contributed by atoms with Gasteiger partial charge in [0.15, 0.2) is 0 Å². The number of nitrogens with one attached hydrogen (secondary N) is 2. The summed E-state index contributed by atoms with van der Waals surface area (Å²) >= 11 is 0. The monoisotopic (exact) mass is 284 g/mol. The van der Waals surface area contributed by atoms with E-state index in [4.69, 9.17) is 5.84 Å². The first-order valence-electron chi connectivity index (χ1n) is 6.91. The Balaban J connectivity index is 1.97. The summed E-state index contributed by atoms with van der Waals surface area (Å²) < 4.78 is 0. The van der Waals surface area contributed by atoms with Crippen LogP contribution in [0.15, 0.2) is 42.5 Å². The van der Waals surface area contributed by atoms with Gasteiger partial charge in [0.1, 0.15) is 11.5 Å². The van der Waals surface area contributed by atoms with Crippen molar-refractivity contribution in [1.29, 1.82) is 0 Å². The number of carbonyl (C=O) groups excluding carboxylic acids is 1. The summed E-state index contributed by atoms with van der Waals surface area (Å²) in [4.78, 5) is 16.1. The summed E-state index contributed by atoms with van der Waals surface area (Å²) in [6.07, 6.45) is 0. The highest BCUT2D eigenvalue weighted by atomic mass is 16.1. The Bertz CT molecular complexity index is 608. The highest BCUT2D eigenvalue weighted by Crippen LogP contribution is 2.14. The quantitative estimate of drug-likeness (QED) is 0.582. The lowest BCUT2D eigenvalue weighted by Gasteiger charge is -2.08. The molecule has 1 heterocycles. The average molecular weight is 284 g/mol. The van der Waals surface area contributed by atoms with E-state index in [1.54, 1.807) is 18.2 Å². The lowest BCUT2D eigenvalue weighted by molar-refractivity contribution is 0.0946. The molecule has 0 aliphatic carbocycles. The smallest absolute Gasteiger partial charge is 0.270 e. The summed E-state index contributed by atoms with van der Waals surface area (Å²) in [5, 5.41) is 2.85. The van der Waals surface area contributed by atoms with Crippen LogP contribution in [0.25, 0.3) is 0 Å². The average Bonchev–Trinajstić information content (AvgIpc) is 2.53. The normalized spacial score (nSPS) is 10.5. The van der Waals surface area contributed by atoms with Crippen LogP contribution in [0.5, 0.6) is 0 Å². The third kappa shape index (κ3) is 4.03. The van der Waals surface area contributed by atoms with Gasteiger partial charge in [0.05, 0.1) is 0 Å². The van der Waals surface area contributed by atoms with Gasteiger partial charge in [0.2, 0.25) is 0 Å². The molecule has 1 aromatic heterocycles. The maximum absolute atomic E-state index is 12.0. The molecule has 5 nitrogen and oxygen atoms in total. The van der Waals surface area contributed by atoms with Crippen molar-refractivity contribution in [2.75, 3.05) is 5.43 Å². The van der Waals surface area contributed by atoms with Crippen LogP contribution in [0.3, 0.4) is 0 Å². The molecule has 0 spiro atoms. The van der Waals surface area contributed by atoms with Gasteiger partial charge < -0.3 is 10.7 Å². The molecule has 0 aliphatic heterocycles. The molecule has 2 aromatic rings. The summed E-state index contributed by atoms with van der Waals surface area (Å²) in [6.45, 7) is 4.78. The molecule has 0 saturated heterocycles. The first-order valence-corrected chi connectivity index (χ1v) is 6.91. The second-order valence-corrected chi connectivity index (χ2v) is 5.13. The van der Waals surface area contributed by atoms with Crippen molar-refractivity contribution >= 4 is 11.7 Å². The van der Waals surface area contributed by atoms with E-state index in [1.165, 1.54) is 5.56 Å². The number of amides is 1. The number of pyridine rings is 1. The third-order valence-corrected chi connectivity index (χ3v) is 3.23. The number of benzene rings is 1. The third-order valence-electron chi connectivity index (χ3n) is 3.23. The van der Waals surface area contributed by atoms with Crippen LogP contribution in [0.1, 0.15) is 41.4 Å². The SMILES string of the molecule is CC(C)c1ccc(CNC(=O)c2cccc(NN)n2)cc1. The number of nitrogen functional groups attached to an aromatic ring is 1. The Morgan fingerprint density at radius 2 is 1.90 bits per heavy atom. The van der Waals surface area contributed by atoms with Gasteiger partial charge in [0, 0.05) is 6.54 Å². The van der Waals surface area contributed by atoms with Crippen molar-refractivity contribution in [3.8, 4) is 0 Å². The van der Waals surface area contributed by atoms with Gasteiger partial charge in [-0.1, -0.05) is 44.2 Å². The van der Waals surface area contributed by atoms with Crippen LogP contribution in [0, 0.1) is 0 Å². The molecule has 4 N–H and O–H groups in total. The van der Waals surface area contributed by atoms with Crippen molar-refractivity contribution in [1.82, 2.24) is 10.3 Å². The summed E-state index contributed by atoms with van der Waals surface area (Å²) in [5.74, 6) is 6.02. The predicted molar refractivity (Wildman–Crippen MR) is 83.7 cm³/mol. The van der Waals surface area contributed by atoms with Gasteiger partial charge >= 0.3 is 0 Å². The summed E-state index contributed by atoms with van der Waals surface area (Å²) in [7, 11) is 0. The first kappa shape index (κ1) is 15.0. The number of rotatable bonds is 5. The molecule has 0 unspecified atom stereocenters. The van der Waals surface area contributed by atoms with Crippen LogP contribution in [-0.2, 0) is 6.54 Å². The van der Waals surface area contributed by atoms with E-state index in [0.29, 0.717) is 24.0 Å². The standard InChI is InChI=1S/C16H20N4O/c1-11(2)13-8-6-12(7-9-13)10-18-16(21)14-4-3-5-15(19-14)20-17/h3-9,11H,10,17H2,1-2H3,(H,18,21)(H,19,20). The number of aromatic nitrogens is 1. The fourth-order valence-electron chi connectivity index (χ4n) is 1.93. The highest BCUT2D eigenvalue weighted by molar-refractivity contribution is 5.92. The van der Waals surface area contributed by atoms with E-state index in [0.717, 1.165) is 5.56 Å². The van der Waals surface area contributed by atoms with E-state index in [-0.39, 0.29) is 5.91 Å². The summed E-state index contributed by atoms with van der Waals surface area (Å²) in [6, 6.07) is 13.3. The van der Waals surface area contributed by atoms with Gasteiger partial charge in [-0.15, -0.1) is 0 Å². The second-order valence-electron chi connectivity index (χ2n) is 5.13. The molecule has 0 bridgehead atoms. The number of hydrazine groups is 1. The zero-order valence-electron chi connectivity index (χ0n) is 12.3. The molecule has 0 radical (unpaired) electrons. The lowest BCUT2D eigenvalue weighted by Crippen LogP contribution is -2.24. The molecule has 0 aliphatic rings. The topological polar surface area (TPSA) is 80.0 Å². The zero-order chi connectivity index (χ0) is 15.2. The Labute approximate surface area is 124 Å². The Morgan fingerprint density at radius 3 is 2.52 bits per heavy atom. The summed E-state index contributed by atoms with van der Waals surface area (Å²) in [5.41, 5.74) is 5.10. The number of nitrogens with zero attached hydrogens (tertiary/aromatic N) is 1. The van der Waals surface area contributed by atoms with Crippen molar-refractivity contribution in [2.45, 2.75) is 26.3 Å². The lowest BCUT2D eigenvalue weighted by atomic mass is 10.0. The van der Waals surface area contributed by atoms with Crippen LogP contribution < -0.4 is 16.6 Å². The van der Waals surface area contributed by atoms with Crippen LogP contribution in [0.4, 0.5) is 5.82 Å². The van der Waals surface area contributed by atoms with Gasteiger partial charge in [-0.3, -0.25) is 4.79 Å². The van der Waals surface area contributed by atoms with Crippen molar-refractivity contribution in [3.05, 3.63) is 59.3 Å². The van der Waals surface area contributed by atoms with Crippen molar-refractivity contribution in [3.63, 3.8) is 0 Å². The predicted octanol–water partition coefficient (Wildman–Crippen LogP) is 2.42. The number of carbonyl (C=O) groups is 1. The largest absolute Gasteiger partial charge is 0.347 e. The molecule has 0 fully saturated rings. The minimum atomic E-state index is -0.222.